The lowest BCUT2D eigenvalue weighted by Crippen LogP contribution is -2.47. The maximum absolute atomic E-state index is 5.58. The molecule has 0 bridgehead atoms. The van der Waals surface area contributed by atoms with Gasteiger partial charge in [0.15, 0.2) is 0 Å². The van der Waals surface area contributed by atoms with E-state index >= 15 is 0 Å². The fourth-order valence-corrected chi connectivity index (χ4v) is 3.10. The van der Waals surface area contributed by atoms with Gasteiger partial charge < -0.3 is 10.1 Å². The third-order valence-corrected chi connectivity index (χ3v) is 4.11. The molecule has 108 valence electrons. The van der Waals surface area contributed by atoms with E-state index in [2.05, 4.69) is 37.9 Å². The molecule has 2 unspecified atom stereocenters. The molecule has 0 amide bonds. The predicted molar refractivity (Wildman–Crippen MR) is 78.0 cm³/mol. The Kier molecular flexibility index (Phi) is 7.20. The van der Waals surface area contributed by atoms with Gasteiger partial charge in [-0.2, -0.15) is 0 Å². The molecule has 0 aliphatic heterocycles. The van der Waals surface area contributed by atoms with Gasteiger partial charge in [-0.1, -0.05) is 12.8 Å². The summed E-state index contributed by atoms with van der Waals surface area (Å²) in [6, 6.07) is 1.80. The number of methoxy groups -OCH3 is 1. The van der Waals surface area contributed by atoms with Gasteiger partial charge in [-0.25, -0.2) is 0 Å². The van der Waals surface area contributed by atoms with E-state index in [0.717, 1.165) is 13.1 Å². The highest BCUT2D eigenvalue weighted by Gasteiger charge is 2.24. The Morgan fingerprint density at radius 3 is 2.28 bits per heavy atom. The lowest BCUT2D eigenvalue weighted by Gasteiger charge is -2.34. The summed E-state index contributed by atoms with van der Waals surface area (Å²) in [5.41, 5.74) is 0. The molecule has 0 aromatic heterocycles. The molecule has 18 heavy (non-hydrogen) atoms. The second-order valence-corrected chi connectivity index (χ2v) is 6.04. The summed E-state index contributed by atoms with van der Waals surface area (Å²) in [7, 11) is 1.85. The molecule has 0 aromatic carbocycles. The average molecular weight is 256 g/mol. The maximum atomic E-state index is 5.58. The van der Waals surface area contributed by atoms with Gasteiger partial charge in [0.2, 0.25) is 0 Å². The van der Waals surface area contributed by atoms with Crippen molar-refractivity contribution >= 4 is 0 Å². The van der Waals surface area contributed by atoms with Crippen LogP contribution in [0.2, 0.25) is 0 Å². The van der Waals surface area contributed by atoms with Crippen LogP contribution in [-0.2, 0) is 4.74 Å². The van der Waals surface area contributed by atoms with Crippen molar-refractivity contribution in [3.8, 4) is 0 Å². The summed E-state index contributed by atoms with van der Waals surface area (Å²) in [5.74, 6) is 0. The van der Waals surface area contributed by atoms with Gasteiger partial charge in [-0.3, -0.25) is 4.90 Å². The number of rotatable bonds is 7. The van der Waals surface area contributed by atoms with Crippen molar-refractivity contribution in [2.75, 3.05) is 20.2 Å². The molecule has 1 saturated carbocycles. The summed E-state index contributed by atoms with van der Waals surface area (Å²) >= 11 is 0. The first kappa shape index (κ1) is 15.9. The van der Waals surface area contributed by atoms with Crippen LogP contribution in [0.5, 0.6) is 0 Å². The third kappa shape index (κ3) is 4.87. The van der Waals surface area contributed by atoms with E-state index in [9.17, 15) is 0 Å². The first-order valence-corrected chi connectivity index (χ1v) is 7.58. The molecule has 0 radical (unpaired) electrons. The van der Waals surface area contributed by atoms with Crippen molar-refractivity contribution in [2.24, 2.45) is 0 Å². The van der Waals surface area contributed by atoms with E-state index in [1.54, 1.807) is 0 Å². The SMILES string of the molecule is COC1CCCCC1NCCN(C(C)C)C(C)C. The highest BCUT2D eigenvalue weighted by molar-refractivity contribution is 4.82. The molecule has 0 spiro atoms. The van der Waals surface area contributed by atoms with Crippen LogP contribution < -0.4 is 5.32 Å². The van der Waals surface area contributed by atoms with E-state index in [-0.39, 0.29) is 0 Å². The monoisotopic (exact) mass is 256 g/mol. The van der Waals surface area contributed by atoms with Crippen LogP contribution in [0, 0.1) is 0 Å². The molecular formula is C15H32N2O. The fraction of sp³-hybridized carbons (Fsp3) is 1.00. The van der Waals surface area contributed by atoms with E-state index in [4.69, 9.17) is 4.74 Å². The van der Waals surface area contributed by atoms with E-state index < -0.39 is 0 Å². The van der Waals surface area contributed by atoms with Crippen LogP contribution in [0.1, 0.15) is 53.4 Å². The Hall–Kier alpha value is -0.120. The van der Waals surface area contributed by atoms with Gasteiger partial charge in [0.1, 0.15) is 0 Å². The minimum atomic E-state index is 0.422. The van der Waals surface area contributed by atoms with E-state index in [1.165, 1.54) is 25.7 Å². The number of ether oxygens (including phenoxy) is 1. The van der Waals surface area contributed by atoms with Crippen molar-refractivity contribution in [1.82, 2.24) is 10.2 Å². The topological polar surface area (TPSA) is 24.5 Å². The molecule has 1 aliphatic carbocycles. The molecule has 0 saturated heterocycles. The Labute approximate surface area is 113 Å². The zero-order chi connectivity index (χ0) is 13.5. The van der Waals surface area contributed by atoms with Gasteiger partial charge in [-0.05, 0) is 40.5 Å². The predicted octanol–water partition coefficient (Wildman–Crippen LogP) is 2.65. The zero-order valence-electron chi connectivity index (χ0n) is 12.9. The minimum absolute atomic E-state index is 0.422. The summed E-state index contributed by atoms with van der Waals surface area (Å²) in [6.45, 7) is 11.3. The van der Waals surface area contributed by atoms with Crippen LogP contribution in [0.3, 0.4) is 0 Å². The maximum Gasteiger partial charge on any atom is 0.0724 e. The van der Waals surface area contributed by atoms with Crippen molar-refractivity contribution in [3.63, 3.8) is 0 Å². The Morgan fingerprint density at radius 1 is 1.11 bits per heavy atom. The second kappa shape index (κ2) is 8.13. The van der Waals surface area contributed by atoms with Crippen LogP contribution >= 0.6 is 0 Å². The van der Waals surface area contributed by atoms with Crippen molar-refractivity contribution in [1.29, 1.82) is 0 Å². The fourth-order valence-electron chi connectivity index (χ4n) is 3.10. The highest BCUT2D eigenvalue weighted by atomic mass is 16.5. The summed E-state index contributed by atoms with van der Waals surface area (Å²) in [4.78, 5) is 2.54. The first-order chi connectivity index (χ1) is 8.56. The molecule has 0 aromatic rings. The molecule has 1 rings (SSSR count). The number of nitrogens with one attached hydrogen (secondary N) is 1. The van der Waals surface area contributed by atoms with Crippen LogP contribution in [0.25, 0.3) is 0 Å². The largest absolute Gasteiger partial charge is 0.380 e. The van der Waals surface area contributed by atoms with Crippen LogP contribution in [0.4, 0.5) is 0 Å². The Morgan fingerprint density at radius 2 is 1.72 bits per heavy atom. The minimum Gasteiger partial charge on any atom is -0.380 e. The number of nitrogens with zero attached hydrogens (tertiary/aromatic N) is 1. The molecule has 0 heterocycles. The van der Waals surface area contributed by atoms with Gasteiger partial charge in [0, 0.05) is 38.3 Å². The summed E-state index contributed by atoms with van der Waals surface area (Å²) in [5, 5.41) is 3.70. The van der Waals surface area contributed by atoms with Gasteiger partial charge in [-0.15, -0.1) is 0 Å². The molecule has 3 nitrogen and oxygen atoms in total. The highest BCUT2D eigenvalue weighted by Crippen LogP contribution is 2.20. The lowest BCUT2D eigenvalue weighted by atomic mass is 9.92. The van der Waals surface area contributed by atoms with Gasteiger partial charge in [0.25, 0.3) is 0 Å². The zero-order valence-corrected chi connectivity index (χ0v) is 12.9. The number of hydrogen-bond donors (Lipinski definition) is 1. The quantitative estimate of drug-likeness (QED) is 0.758. The van der Waals surface area contributed by atoms with Crippen LogP contribution in [-0.4, -0.2) is 49.3 Å². The third-order valence-electron chi connectivity index (χ3n) is 4.11. The van der Waals surface area contributed by atoms with Crippen molar-refractivity contribution in [3.05, 3.63) is 0 Å². The average Bonchev–Trinajstić information content (AvgIpc) is 2.34. The van der Waals surface area contributed by atoms with Crippen LogP contribution in [0.15, 0.2) is 0 Å². The molecule has 1 N–H and O–H groups in total. The first-order valence-electron chi connectivity index (χ1n) is 7.58. The molecule has 2 atom stereocenters. The molecular weight excluding hydrogens is 224 g/mol. The van der Waals surface area contributed by atoms with Gasteiger partial charge in [0.05, 0.1) is 6.10 Å². The number of hydrogen-bond acceptors (Lipinski definition) is 3. The Balaban J connectivity index is 2.30. The molecule has 1 aliphatic rings. The normalized spacial score (nSPS) is 25.3. The van der Waals surface area contributed by atoms with Crippen molar-refractivity contribution in [2.45, 2.75) is 77.6 Å². The molecule has 1 fully saturated rings. The Bertz CT molecular complexity index is 211. The van der Waals surface area contributed by atoms with E-state index in [1.807, 2.05) is 7.11 Å². The summed E-state index contributed by atoms with van der Waals surface area (Å²) < 4.78 is 5.58. The standard InChI is InChI=1S/C15H32N2O/c1-12(2)17(13(3)4)11-10-16-14-8-6-7-9-15(14)18-5/h12-16H,6-11H2,1-5H3. The smallest absolute Gasteiger partial charge is 0.0724 e. The van der Waals surface area contributed by atoms with E-state index in [0.29, 0.717) is 24.2 Å². The lowest BCUT2D eigenvalue weighted by molar-refractivity contribution is 0.0401. The summed E-state index contributed by atoms with van der Waals surface area (Å²) in [6.07, 6.45) is 5.56. The van der Waals surface area contributed by atoms with Crippen molar-refractivity contribution < 1.29 is 4.74 Å². The molecule has 3 heteroatoms. The second-order valence-electron chi connectivity index (χ2n) is 6.04. The van der Waals surface area contributed by atoms with Gasteiger partial charge >= 0.3 is 0 Å².